The number of imidazole rings is 4. The Morgan fingerprint density at radius 2 is 0.962 bits per heavy atom. The lowest BCUT2D eigenvalue weighted by Gasteiger charge is -2.11. The summed E-state index contributed by atoms with van der Waals surface area (Å²) in [5.74, 6) is 1.85. The van der Waals surface area contributed by atoms with E-state index < -0.39 is 0 Å². The highest BCUT2D eigenvalue weighted by molar-refractivity contribution is 5.87. The van der Waals surface area contributed by atoms with Crippen molar-refractivity contribution in [3.8, 4) is 57.9 Å². The minimum atomic E-state index is 0.441. The van der Waals surface area contributed by atoms with Crippen LogP contribution in [0.5, 0.6) is 23.0 Å². The smallest absolute Gasteiger partial charge is 0.167 e. The van der Waals surface area contributed by atoms with Gasteiger partial charge in [0.2, 0.25) is 0 Å². The topological polar surface area (TPSA) is 176 Å². The Bertz CT molecular complexity index is 2650. The summed E-state index contributed by atoms with van der Waals surface area (Å²) in [6.45, 7) is 0. The van der Waals surface area contributed by atoms with Gasteiger partial charge < -0.3 is 18.6 Å². The average Bonchev–Trinajstić information content (AvgIpc) is 4.02. The van der Waals surface area contributed by atoms with Crippen LogP contribution in [0.15, 0.2) is 129 Å². The highest BCUT2D eigenvalue weighted by Crippen LogP contribution is 2.30. The van der Waals surface area contributed by atoms with Gasteiger partial charge in [0.25, 0.3) is 0 Å². The van der Waals surface area contributed by atoms with Crippen molar-refractivity contribution in [2.24, 2.45) is 0 Å². The number of aromatic nitrogens is 11. The first-order valence-corrected chi connectivity index (χ1v) is 15.6. The number of rotatable bonds is 8. The number of pyridine rings is 3. The number of nitriles is 2. The number of fused-ring (bicyclic) bond motifs is 2. The number of nitrogens with zero attached hydrogens (tertiary/aromatic N) is 13. The highest BCUT2D eigenvalue weighted by atomic mass is 16.5. The van der Waals surface area contributed by atoms with Gasteiger partial charge in [-0.2, -0.15) is 10.5 Å². The van der Waals surface area contributed by atoms with Crippen molar-refractivity contribution in [1.29, 1.82) is 10.5 Å². The lowest BCUT2D eigenvalue weighted by Crippen LogP contribution is -1.99. The minimum absolute atomic E-state index is 0.441. The van der Waals surface area contributed by atoms with Gasteiger partial charge in [-0.15, -0.1) is 0 Å². The largest absolute Gasteiger partial charge is 0.456 e. The summed E-state index contributed by atoms with van der Waals surface area (Å²) in [6.07, 6.45) is 20.1. The summed E-state index contributed by atoms with van der Waals surface area (Å²) in [5.41, 5.74) is 6.10. The lowest BCUT2D eigenvalue weighted by atomic mass is 10.2. The maximum absolute atomic E-state index is 9.61. The molecule has 0 spiro atoms. The van der Waals surface area contributed by atoms with Crippen LogP contribution in [0.4, 0.5) is 0 Å². The van der Waals surface area contributed by atoms with Crippen LogP contribution in [0, 0.1) is 22.7 Å². The van der Waals surface area contributed by atoms with Gasteiger partial charge in [-0.25, -0.2) is 24.9 Å². The zero-order valence-electron chi connectivity index (χ0n) is 26.8. The van der Waals surface area contributed by atoms with Crippen LogP contribution in [0.3, 0.4) is 0 Å². The summed E-state index contributed by atoms with van der Waals surface area (Å²) >= 11 is 0. The van der Waals surface area contributed by atoms with Crippen LogP contribution in [0.2, 0.25) is 0 Å². The van der Waals surface area contributed by atoms with Crippen molar-refractivity contribution in [2.75, 3.05) is 0 Å². The molecule has 0 atom stereocenters. The van der Waals surface area contributed by atoms with Gasteiger partial charge in [0, 0.05) is 49.1 Å². The summed E-state index contributed by atoms with van der Waals surface area (Å²) < 4.78 is 19.6. The molecule has 0 unspecified atom stereocenters. The standard InChI is InChI=1S/C37H21N13O2/c38-14-24-5-26(47-3-1-40-20-47)9-30(7-24)51-32-11-28(16-42-18-32)49-22-44-34-13-35-37(46-36(34)49)50(23-45-35)29-12-33(19-43-17-29)52-31-8-25(15-39)6-27(10-31)48-4-2-41-21-48/h1-13,16-23H. The fourth-order valence-electron chi connectivity index (χ4n) is 5.74. The second-order valence-corrected chi connectivity index (χ2v) is 11.5. The normalized spacial score (nSPS) is 11.0. The van der Waals surface area contributed by atoms with E-state index in [1.165, 1.54) is 0 Å². The molecule has 0 amide bonds. The molecule has 0 fully saturated rings. The van der Waals surface area contributed by atoms with Gasteiger partial charge in [-0.3, -0.25) is 19.1 Å². The number of benzene rings is 2. The lowest BCUT2D eigenvalue weighted by molar-refractivity contribution is 0.479. The number of hydrogen-bond donors (Lipinski definition) is 0. The molecule has 0 bridgehead atoms. The Labute approximate surface area is 293 Å². The second-order valence-electron chi connectivity index (χ2n) is 11.5. The Hall–Kier alpha value is -8.17. The summed E-state index contributed by atoms with van der Waals surface area (Å²) in [4.78, 5) is 31.1. The molecule has 9 aromatic rings. The number of ether oxygens (including phenoxy) is 2. The van der Waals surface area contributed by atoms with Gasteiger partial charge >= 0.3 is 0 Å². The van der Waals surface area contributed by atoms with Crippen molar-refractivity contribution in [1.82, 2.24) is 53.2 Å². The average molecular weight is 680 g/mol. The van der Waals surface area contributed by atoms with Gasteiger partial charge in [0.05, 0.1) is 83.5 Å². The van der Waals surface area contributed by atoms with E-state index in [9.17, 15) is 10.5 Å². The first-order valence-electron chi connectivity index (χ1n) is 15.6. The monoisotopic (exact) mass is 679 g/mol. The Kier molecular flexibility index (Phi) is 7.12. The fraction of sp³-hybridized carbons (Fsp3) is 0. The molecule has 0 N–H and O–H groups in total. The molecule has 0 saturated carbocycles. The number of hydrogen-bond acceptors (Lipinski definition) is 11. The van der Waals surface area contributed by atoms with E-state index in [1.54, 1.807) is 108 Å². The van der Waals surface area contributed by atoms with E-state index >= 15 is 0 Å². The van der Waals surface area contributed by atoms with Gasteiger partial charge in [-0.1, -0.05) is 0 Å². The molecule has 2 aromatic carbocycles. The third-order valence-corrected chi connectivity index (χ3v) is 8.10. The Morgan fingerprint density at radius 1 is 0.481 bits per heavy atom. The molecule has 0 saturated heterocycles. The van der Waals surface area contributed by atoms with Gasteiger partial charge in [0.15, 0.2) is 11.3 Å². The van der Waals surface area contributed by atoms with Crippen LogP contribution >= 0.6 is 0 Å². The first kappa shape index (κ1) is 29.9. The first-order chi connectivity index (χ1) is 25.6. The zero-order valence-corrected chi connectivity index (χ0v) is 26.8. The van der Waals surface area contributed by atoms with E-state index in [4.69, 9.17) is 14.5 Å². The summed E-state index contributed by atoms with van der Waals surface area (Å²) in [5, 5.41) is 19.2. The molecular weight excluding hydrogens is 658 g/mol. The van der Waals surface area contributed by atoms with Crippen molar-refractivity contribution in [3.05, 3.63) is 141 Å². The predicted molar refractivity (Wildman–Crippen MR) is 186 cm³/mol. The molecule has 7 aromatic heterocycles. The van der Waals surface area contributed by atoms with E-state index in [1.807, 2.05) is 39.5 Å². The van der Waals surface area contributed by atoms with Crippen molar-refractivity contribution >= 4 is 22.3 Å². The fourth-order valence-corrected chi connectivity index (χ4v) is 5.74. The SMILES string of the molecule is N#Cc1cc(Oc2cncc(-n3cnc4cc5ncn(-c6cncc(Oc7cc(C#N)cc(-n8ccnc8)c7)c6)c5nc43)c2)cc(-n2ccnc2)c1. The third kappa shape index (κ3) is 5.58. The molecule has 52 heavy (non-hydrogen) atoms. The van der Waals surface area contributed by atoms with Gasteiger partial charge in [0.1, 0.15) is 46.7 Å². The minimum Gasteiger partial charge on any atom is -0.456 e. The van der Waals surface area contributed by atoms with Crippen LogP contribution in [0.1, 0.15) is 11.1 Å². The molecule has 15 nitrogen and oxygen atoms in total. The highest BCUT2D eigenvalue weighted by Gasteiger charge is 2.15. The van der Waals surface area contributed by atoms with Crippen LogP contribution in [0.25, 0.3) is 45.1 Å². The quantitative estimate of drug-likeness (QED) is 0.177. The molecular formula is C37H21N13O2. The maximum atomic E-state index is 9.61. The predicted octanol–water partition coefficient (Wildman–Crippen LogP) is 6.25. The van der Waals surface area contributed by atoms with Crippen molar-refractivity contribution in [2.45, 2.75) is 0 Å². The van der Waals surface area contributed by atoms with E-state index in [-0.39, 0.29) is 0 Å². The van der Waals surface area contributed by atoms with Crippen molar-refractivity contribution in [3.63, 3.8) is 0 Å². The van der Waals surface area contributed by atoms with Gasteiger partial charge in [-0.05, 0) is 30.3 Å². The van der Waals surface area contributed by atoms with Crippen LogP contribution in [-0.2, 0) is 0 Å². The molecule has 15 heteroatoms. The zero-order chi connectivity index (χ0) is 35.0. The van der Waals surface area contributed by atoms with Crippen LogP contribution < -0.4 is 9.47 Å². The third-order valence-electron chi connectivity index (χ3n) is 8.10. The van der Waals surface area contributed by atoms with E-state index in [0.717, 1.165) is 11.4 Å². The second kappa shape index (κ2) is 12.4. The van der Waals surface area contributed by atoms with Crippen molar-refractivity contribution < 1.29 is 9.47 Å². The summed E-state index contributed by atoms with van der Waals surface area (Å²) in [6, 6.07) is 20.3. The molecule has 7 heterocycles. The maximum Gasteiger partial charge on any atom is 0.167 e. The van der Waals surface area contributed by atoms with E-state index in [2.05, 4.69) is 42.0 Å². The molecule has 0 aliphatic heterocycles. The molecule has 9 rings (SSSR count). The summed E-state index contributed by atoms with van der Waals surface area (Å²) in [7, 11) is 0. The Balaban J connectivity index is 1.03. The molecule has 0 aliphatic carbocycles. The molecule has 0 aliphatic rings. The molecule has 246 valence electrons. The van der Waals surface area contributed by atoms with Crippen LogP contribution in [-0.4, -0.2) is 53.2 Å². The molecule has 0 radical (unpaired) electrons. The van der Waals surface area contributed by atoms with E-state index in [0.29, 0.717) is 67.8 Å². The Morgan fingerprint density at radius 3 is 1.40 bits per heavy atom.